The topological polar surface area (TPSA) is 66.6 Å². The molecule has 1 amide bonds. The standard InChI is InChI=1S/C14H18F2N2O2/c15-9-7-11(13(16)12(17)8-9)14(20)18-5-2-1-3-10(18)4-6-19/h7-8,10,19H,1-6,17H2. The first-order chi connectivity index (χ1) is 9.54. The van der Waals surface area contributed by atoms with E-state index in [0.717, 1.165) is 31.4 Å². The van der Waals surface area contributed by atoms with Crippen LogP contribution in [0.3, 0.4) is 0 Å². The predicted octanol–water partition coefficient (Wildman–Crippen LogP) is 1.92. The lowest BCUT2D eigenvalue weighted by molar-refractivity contribution is 0.0569. The van der Waals surface area contributed by atoms with Gasteiger partial charge in [-0.3, -0.25) is 4.79 Å². The number of amides is 1. The Bertz CT molecular complexity index is 506. The van der Waals surface area contributed by atoms with Crippen molar-refractivity contribution in [3.8, 4) is 0 Å². The van der Waals surface area contributed by atoms with Crippen LogP contribution < -0.4 is 5.73 Å². The van der Waals surface area contributed by atoms with Gasteiger partial charge in [0.2, 0.25) is 0 Å². The van der Waals surface area contributed by atoms with E-state index in [0.29, 0.717) is 13.0 Å². The van der Waals surface area contributed by atoms with Crippen molar-refractivity contribution in [3.05, 3.63) is 29.3 Å². The highest BCUT2D eigenvalue weighted by atomic mass is 19.1. The largest absolute Gasteiger partial charge is 0.396 e. The molecule has 0 aromatic heterocycles. The molecule has 1 aliphatic rings. The molecular formula is C14H18F2N2O2. The molecule has 3 N–H and O–H groups in total. The van der Waals surface area contributed by atoms with Gasteiger partial charge in [0.1, 0.15) is 5.82 Å². The Balaban J connectivity index is 2.29. The fourth-order valence-corrected chi connectivity index (χ4v) is 2.64. The van der Waals surface area contributed by atoms with Gasteiger partial charge in [-0.15, -0.1) is 0 Å². The van der Waals surface area contributed by atoms with Crippen molar-refractivity contribution >= 4 is 11.6 Å². The molecule has 110 valence electrons. The number of nitrogens with two attached hydrogens (primary N) is 1. The Morgan fingerprint density at radius 1 is 1.40 bits per heavy atom. The predicted molar refractivity (Wildman–Crippen MR) is 71.1 cm³/mol. The summed E-state index contributed by atoms with van der Waals surface area (Å²) in [5.41, 5.74) is 4.64. The van der Waals surface area contributed by atoms with Crippen molar-refractivity contribution in [2.45, 2.75) is 31.7 Å². The van der Waals surface area contributed by atoms with E-state index >= 15 is 0 Å². The van der Waals surface area contributed by atoms with Gasteiger partial charge in [0, 0.05) is 19.2 Å². The van der Waals surface area contributed by atoms with Crippen LogP contribution in [-0.4, -0.2) is 35.1 Å². The molecule has 1 aliphatic heterocycles. The number of benzene rings is 1. The second-order valence-corrected chi connectivity index (χ2v) is 5.02. The summed E-state index contributed by atoms with van der Waals surface area (Å²) in [6.07, 6.45) is 2.99. The average Bonchev–Trinajstić information content (AvgIpc) is 2.43. The third kappa shape index (κ3) is 2.90. The minimum absolute atomic E-state index is 0.0395. The molecule has 1 aromatic rings. The van der Waals surface area contributed by atoms with Crippen molar-refractivity contribution in [2.75, 3.05) is 18.9 Å². The fraction of sp³-hybridized carbons (Fsp3) is 0.500. The molecule has 1 unspecified atom stereocenters. The lowest BCUT2D eigenvalue weighted by Gasteiger charge is -2.35. The van der Waals surface area contributed by atoms with Crippen molar-refractivity contribution in [2.24, 2.45) is 0 Å². The number of aliphatic hydroxyl groups is 1. The quantitative estimate of drug-likeness (QED) is 0.833. The molecular weight excluding hydrogens is 266 g/mol. The van der Waals surface area contributed by atoms with Crippen LogP contribution in [0.2, 0.25) is 0 Å². The van der Waals surface area contributed by atoms with E-state index in [1.54, 1.807) is 0 Å². The number of carbonyl (C=O) groups excluding carboxylic acids is 1. The molecule has 0 saturated carbocycles. The van der Waals surface area contributed by atoms with Crippen molar-refractivity contribution in [1.82, 2.24) is 4.90 Å². The molecule has 1 aromatic carbocycles. The molecule has 1 saturated heterocycles. The fourth-order valence-electron chi connectivity index (χ4n) is 2.64. The highest BCUT2D eigenvalue weighted by molar-refractivity contribution is 5.95. The first-order valence-corrected chi connectivity index (χ1v) is 6.71. The van der Waals surface area contributed by atoms with Gasteiger partial charge in [-0.1, -0.05) is 0 Å². The number of halogens is 2. The Morgan fingerprint density at radius 3 is 2.85 bits per heavy atom. The van der Waals surface area contributed by atoms with Gasteiger partial charge >= 0.3 is 0 Å². The van der Waals surface area contributed by atoms with Crippen LogP contribution in [0.15, 0.2) is 12.1 Å². The van der Waals surface area contributed by atoms with Crippen LogP contribution >= 0.6 is 0 Å². The maximum absolute atomic E-state index is 13.9. The number of aliphatic hydroxyl groups excluding tert-OH is 1. The zero-order valence-corrected chi connectivity index (χ0v) is 11.1. The summed E-state index contributed by atoms with van der Waals surface area (Å²) in [6, 6.07) is 1.59. The van der Waals surface area contributed by atoms with Crippen molar-refractivity contribution in [1.29, 1.82) is 0 Å². The molecule has 0 aliphatic carbocycles. The number of carbonyl (C=O) groups is 1. The van der Waals surface area contributed by atoms with E-state index in [1.165, 1.54) is 4.90 Å². The molecule has 0 radical (unpaired) electrons. The summed E-state index contributed by atoms with van der Waals surface area (Å²) in [5, 5.41) is 9.04. The van der Waals surface area contributed by atoms with Crippen LogP contribution in [0.4, 0.5) is 14.5 Å². The molecule has 4 nitrogen and oxygen atoms in total. The number of hydrogen-bond donors (Lipinski definition) is 2. The molecule has 1 fully saturated rings. The first-order valence-electron chi connectivity index (χ1n) is 6.71. The Kier molecular flexibility index (Phi) is 4.54. The highest BCUT2D eigenvalue weighted by Crippen LogP contribution is 2.25. The number of nitrogen functional groups attached to an aromatic ring is 1. The number of anilines is 1. The zero-order valence-electron chi connectivity index (χ0n) is 11.1. The lowest BCUT2D eigenvalue weighted by atomic mass is 9.98. The van der Waals surface area contributed by atoms with Crippen LogP contribution in [0, 0.1) is 11.6 Å². The third-order valence-electron chi connectivity index (χ3n) is 3.65. The SMILES string of the molecule is Nc1cc(F)cc(C(=O)N2CCCCC2CCO)c1F. The van der Waals surface area contributed by atoms with Crippen LogP contribution in [0.25, 0.3) is 0 Å². The average molecular weight is 284 g/mol. The number of hydrogen-bond acceptors (Lipinski definition) is 3. The molecule has 2 rings (SSSR count). The lowest BCUT2D eigenvalue weighted by Crippen LogP contribution is -2.44. The zero-order chi connectivity index (χ0) is 14.7. The molecule has 0 spiro atoms. The summed E-state index contributed by atoms with van der Waals surface area (Å²) in [6.45, 7) is 0.446. The monoisotopic (exact) mass is 284 g/mol. The Labute approximate surface area is 116 Å². The van der Waals surface area contributed by atoms with Gasteiger partial charge < -0.3 is 15.7 Å². The number of piperidine rings is 1. The molecule has 6 heteroatoms. The number of rotatable bonds is 3. The summed E-state index contributed by atoms with van der Waals surface area (Å²) >= 11 is 0. The summed E-state index contributed by atoms with van der Waals surface area (Å²) in [4.78, 5) is 13.9. The molecule has 20 heavy (non-hydrogen) atoms. The number of nitrogens with zero attached hydrogens (tertiary/aromatic N) is 1. The van der Waals surface area contributed by atoms with E-state index in [9.17, 15) is 13.6 Å². The second-order valence-electron chi connectivity index (χ2n) is 5.02. The maximum atomic E-state index is 13.9. The van der Waals surface area contributed by atoms with E-state index in [-0.39, 0.29) is 23.9 Å². The maximum Gasteiger partial charge on any atom is 0.257 e. The normalized spacial score (nSPS) is 19.1. The smallest absolute Gasteiger partial charge is 0.257 e. The highest BCUT2D eigenvalue weighted by Gasteiger charge is 2.29. The van der Waals surface area contributed by atoms with Gasteiger partial charge in [0.05, 0.1) is 11.3 Å². The van der Waals surface area contributed by atoms with Crippen LogP contribution in [-0.2, 0) is 0 Å². The minimum Gasteiger partial charge on any atom is -0.396 e. The van der Waals surface area contributed by atoms with Gasteiger partial charge in [-0.05, 0) is 37.8 Å². The van der Waals surface area contributed by atoms with E-state index in [4.69, 9.17) is 10.8 Å². The minimum atomic E-state index is -0.885. The summed E-state index contributed by atoms with van der Waals surface area (Å²) in [5.74, 6) is -2.18. The van der Waals surface area contributed by atoms with Crippen LogP contribution in [0.1, 0.15) is 36.0 Å². The van der Waals surface area contributed by atoms with Crippen molar-refractivity contribution in [3.63, 3.8) is 0 Å². The first kappa shape index (κ1) is 14.7. The molecule has 0 bridgehead atoms. The second kappa shape index (κ2) is 6.17. The van der Waals surface area contributed by atoms with Gasteiger partial charge in [0.15, 0.2) is 5.82 Å². The van der Waals surface area contributed by atoms with E-state index in [2.05, 4.69) is 0 Å². The Hall–Kier alpha value is -1.69. The summed E-state index contributed by atoms with van der Waals surface area (Å²) < 4.78 is 27.2. The Morgan fingerprint density at radius 2 is 2.15 bits per heavy atom. The van der Waals surface area contributed by atoms with Crippen molar-refractivity contribution < 1.29 is 18.7 Å². The molecule has 1 heterocycles. The van der Waals surface area contributed by atoms with Gasteiger partial charge in [-0.25, -0.2) is 8.78 Å². The summed E-state index contributed by atoms with van der Waals surface area (Å²) in [7, 11) is 0. The third-order valence-corrected chi connectivity index (χ3v) is 3.65. The molecule has 1 atom stereocenters. The van der Waals surface area contributed by atoms with Crippen LogP contribution in [0.5, 0.6) is 0 Å². The van der Waals surface area contributed by atoms with Gasteiger partial charge in [0.25, 0.3) is 5.91 Å². The number of likely N-dealkylation sites (tertiary alicyclic amines) is 1. The van der Waals surface area contributed by atoms with E-state index < -0.39 is 17.5 Å². The van der Waals surface area contributed by atoms with Gasteiger partial charge in [-0.2, -0.15) is 0 Å². The van der Waals surface area contributed by atoms with E-state index in [1.807, 2.05) is 0 Å².